The third-order valence-electron chi connectivity index (χ3n) is 3.61. The third-order valence-corrected chi connectivity index (χ3v) is 3.61. The summed E-state index contributed by atoms with van der Waals surface area (Å²) >= 11 is 0. The summed E-state index contributed by atoms with van der Waals surface area (Å²) in [4.78, 5) is 21.1. The SMILES string of the molecule is COc1ccc(O)c(C(=O)OCc2nc3ccccc3nc2C)c1. The van der Waals surface area contributed by atoms with E-state index in [1.165, 1.54) is 19.2 Å². The van der Waals surface area contributed by atoms with E-state index < -0.39 is 5.97 Å². The zero-order valence-electron chi connectivity index (χ0n) is 13.3. The van der Waals surface area contributed by atoms with E-state index >= 15 is 0 Å². The number of nitrogens with zero attached hydrogens (tertiary/aromatic N) is 2. The zero-order valence-corrected chi connectivity index (χ0v) is 13.3. The molecule has 3 aromatic rings. The van der Waals surface area contributed by atoms with Crippen molar-refractivity contribution in [1.82, 2.24) is 9.97 Å². The highest BCUT2D eigenvalue weighted by atomic mass is 16.5. The molecule has 6 nitrogen and oxygen atoms in total. The van der Waals surface area contributed by atoms with E-state index in [0.717, 1.165) is 11.0 Å². The number of fused-ring (bicyclic) bond motifs is 1. The Morgan fingerprint density at radius 1 is 1.12 bits per heavy atom. The van der Waals surface area contributed by atoms with Gasteiger partial charge in [-0.2, -0.15) is 0 Å². The van der Waals surface area contributed by atoms with Gasteiger partial charge in [0.1, 0.15) is 23.7 Å². The number of esters is 1. The quantitative estimate of drug-likeness (QED) is 0.743. The molecule has 0 unspecified atom stereocenters. The molecule has 0 saturated heterocycles. The third kappa shape index (κ3) is 3.12. The molecule has 1 heterocycles. The first-order chi connectivity index (χ1) is 11.6. The van der Waals surface area contributed by atoms with Crippen molar-refractivity contribution in [1.29, 1.82) is 0 Å². The number of phenols is 1. The van der Waals surface area contributed by atoms with Crippen LogP contribution in [-0.4, -0.2) is 28.2 Å². The molecule has 1 N–H and O–H groups in total. The van der Waals surface area contributed by atoms with Gasteiger partial charge in [0.2, 0.25) is 0 Å². The first-order valence-corrected chi connectivity index (χ1v) is 7.35. The van der Waals surface area contributed by atoms with Crippen LogP contribution in [0.2, 0.25) is 0 Å². The summed E-state index contributed by atoms with van der Waals surface area (Å²) in [5, 5.41) is 9.81. The smallest absolute Gasteiger partial charge is 0.342 e. The van der Waals surface area contributed by atoms with Crippen molar-refractivity contribution >= 4 is 17.0 Å². The summed E-state index contributed by atoms with van der Waals surface area (Å²) in [6.45, 7) is 1.78. The molecule has 0 atom stereocenters. The molecule has 0 saturated carbocycles. The average Bonchev–Trinajstić information content (AvgIpc) is 2.60. The first-order valence-electron chi connectivity index (χ1n) is 7.35. The highest BCUT2D eigenvalue weighted by Gasteiger charge is 2.15. The van der Waals surface area contributed by atoms with E-state index in [0.29, 0.717) is 17.1 Å². The second kappa shape index (κ2) is 6.54. The number of aromatic nitrogens is 2. The Balaban J connectivity index is 1.80. The molecule has 0 spiro atoms. The van der Waals surface area contributed by atoms with Crippen molar-refractivity contribution in [2.45, 2.75) is 13.5 Å². The fraction of sp³-hybridized carbons (Fsp3) is 0.167. The molecule has 2 aromatic carbocycles. The van der Waals surface area contributed by atoms with Crippen LogP contribution in [0, 0.1) is 6.92 Å². The second-order valence-corrected chi connectivity index (χ2v) is 5.20. The van der Waals surface area contributed by atoms with Gasteiger partial charge in [-0.25, -0.2) is 14.8 Å². The van der Waals surface area contributed by atoms with E-state index in [1.807, 2.05) is 31.2 Å². The van der Waals surface area contributed by atoms with Crippen LogP contribution in [-0.2, 0) is 11.3 Å². The van der Waals surface area contributed by atoms with E-state index in [2.05, 4.69) is 9.97 Å². The lowest BCUT2D eigenvalue weighted by Crippen LogP contribution is -2.08. The van der Waals surface area contributed by atoms with Crippen molar-refractivity contribution in [3.05, 3.63) is 59.4 Å². The van der Waals surface area contributed by atoms with Gasteiger partial charge in [0.15, 0.2) is 0 Å². The molecule has 24 heavy (non-hydrogen) atoms. The van der Waals surface area contributed by atoms with Crippen LogP contribution < -0.4 is 4.74 Å². The van der Waals surface area contributed by atoms with Crippen molar-refractivity contribution < 1.29 is 19.4 Å². The van der Waals surface area contributed by atoms with Gasteiger partial charge in [-0.1, -0.05) is 12.1 Å². The number of rotatable bonds is 4. The largest absolute Gasteiger partial charge is 0.507 e. The second-order valence-electron chi connectivity index (χ2n) is 5.20. The number of aromatic hydroxyl groups is 1. The fourth-order valence-corrected chi connectivity index (χ4v) is 2.28. The highest BCUT2D eigenvalue weighted by Crippen LogP contribution is 2.24. The minimum atomic E-state index is -0.652. The van der Waals surface area contributed by atoms with E-state index in [1.54, 1.807) is 6.07 Å². The molecule has 3 rings (SSSR count). The van der Waals surface area contributed by atoms with Crippen LogP contribution in [0.3, 0.4) is 0 Å². The number of carbonyl (C=O) groups is 1. The van der Waals surface area contributed by atoms with Crippen molar-refractivity contribution in [2.24, 2.45) is 0 Å². The minimum absolute atomic E-state index is 0.0286. The Bertz CT molecular complexity index is 909. The van der Waals surface area contributed by atoms with Crippen LogP contribution in [0.4, 0.5) is 0 Å². The van der Waals surface area contributed by atoms with Crippen LogP contribution in [0.25, 0.3) is 11.0 Å². The molecule has 0 aliphatic carbocycles. The molecular weight excluding hydrogens is 308 g/mol. The van der Waals surface area contributed by atoms with Gasteiger partial charge >= 0.3 is 5.97 Å². The summed E-state index contributed by atoms with van der Waals surface area (Å²) in [5.74, 6) is -0.357. The fourth-order valence-electron chi connectivity index (χ4n) is 2.28. The summed E-state index contributed by atoms with van der Waals surface area (Å²) in [6, 6.07) is 11.9. The molecule has 6 heteroatoms. The van der Waals surface area contributed by atoms with Gasteiger partial charge in [-0.05, 0) is 37.3 Å². The van der Waals surface area contributed by atoms with Crippen molar-refractivity contribution in [2.75, 3.05) is 7.11 Å². The monoisotopic (exact) mass is 324 g/mol. The van der Waals surface area contributed by atoms with Crippen molar-refractivity contribution in [3.8, 4) is 11.5 Å². The predicted octanol–water partition coefficient (Wildman–Crippen LogP) is 3.01. The predicted molar refractivity (Wildman–Crippen MR) is 88.1 cm³/mol. The minimum Gasteiger partial charge on any atom is -0.507 e. The number of benzene rings is 2. The van der Waals surface area contributed by atoms with Crippen molar-refractivity contribution in [3.63, 3.8) is 0 Å². The highest BCUT2D eigenvalue weighted by molar-refractivity contribution is 5.92. The summed E-state index contributed by atoms with van der Waals surface area (Å²) in [5.41, 5.74) is 2.83. The molecule has 0 fully saturated rings. The molecular formula is C18H16N2O4. The molecule has 0 aliphatic heterocycles. The maximum absolute atomic E-state index is 12.2. The Labute approximate surface area is 138 Å². The number of hydrogen-bond donors (Lipinski definition) is 1. The van der Waals surface area contributed by atoms with Crippen LogP contribution in [0.5, 0.6) is 11.5 Å². The molecule has 1 aromatic heterocycles. The number of aryl methyl sites for hydroxylation is 1. The normalized spacial score (nSPS) is 10.6. The molecule has 0 amide bonds. The van der Waals surface area contributed by atoms with E-state index in [9.17, 15) is 9.90 Å². The maximum atomic E-state index is 12.2. The topological polar surface area (TPSA) is 81.5 Å². The number of phenolic OH excluding ortho intramolecular Hbond substituents is 1. The summed E-state index contributed by atoms with van der Waals surface area (Å²) in [7, 11) is 1.48. The molecule has 122 valence electrons. The molecule has 0 bridgehead atoms. The van der Waals surface area contributed by atoms with E-state index in [4.69, 9.17) is 9.47 Å². The van der Waals surface area contributed by atoms with Gasteiger partial charge in [0.05, 0.1) is 29.5 Å². The Kier molecular flexibility index (Phi) is 4.29. The lowest BCUT2D eigenvalue weighted by atomic mass is 10.2. The standard InChI is InChI=1S/C18H16N2O4/c1-11-16(20-15-6-4-3-5-14(15)19-11)10-24-18(22)13-9-12(23-2)7-8-17(13)21/h3-9,21H,10H2,1-2H3. The van der Waals surface area contributed by atoms with Crippen LogP contribution in [0.15, 0.2) is 42.5 Å². The van der Waals surface area contributed by atoms with Gasteiger partial charge < -0.3 is 14.6 Å². The van der Waals surface area contributed by atoms with E-state index in [-0.39, 0.29) is 17.9 Å². The maximum Gasteiger partial charge on any atom is 0.342 e. The lowest BCUT2D eigenvalue weighted by Gasteiger charge is -2.09. The Hall–Kier alpha value is -3.15. The summed E-state index contributed by atoms with van der Waals surface area (Å²) < 4.78 is 10.3. The van der Waals surface area contributed by atoms with Gasteiger partial charge in [-0.15, -0.1) is 0 Å². The summed E-state index contributed by atoms with van der Waals surface area (Å²) in [6.07, 6.45) is 0. The number of methoxy groups -OCH3 is 1. The van der Waals surface area contributed by atoms with Gasteiger partial charge in [0, 0.05) is 0 Å². The van der Waals surface area contributed by atoms with Crippen LogP contribution in [0.1, 0.15) is 21.7 Å². The lowest BCUT2D eigenvalue weighted by molar-refractivity contribution is 0.0463. The number of hydrogen-bond acceptors (Lipinski definition) is 6. The average molecular weight is 324 g/mol. The van der Waals surface area contributed by atoms with Gasteiger partial charge in [0.25, 0.3) is 0 Å². The number of carbonyl (C=O) groups excluding carboxylic acids is 1. The first kappa shape index (κ1) is 15.7. The molecule has 0 aliphatic rings. The Morgan fingerprint density at radius 2 is 1.83 bits per heavy atom. The zero-order chi connectivity index (χ0) is 17.1. The number of ether oxygens (including phenoxy) is 2. The Morgan fingerprint density at radius 3 is 2.54 bits per heavy atom. The van der Waals surface area contributed by atoms with Gasteiger partial charge in [-0.3, -0.25) is 0 Å². The number of para-hydroxylation sites is 2. The molecule has 0 radical (unpaired) electrons. The van der Waals surface area contributed by atoms with Crippen LogP contribution >= 0.6 is 0 Å².